The number of ether oxygens (including phenoxy) is 1. The van der Waals surface area contributed by atoms with E-state index < -0.39 is 6.10 Å². The van der Waals surface area contributed by atoms with Crippen molar-refractivity contribution in [3.8, 4) is 0 Å². The van der Waals surface area contributed by atoms with E-state index in [1.807, 2.05) is 6.92 Å². The van der Waals surface area contributed by atoms with Gasteiger partial charge in [0, 0.05) is 11.4 Å². The molecule has 100 valence electrons. The van der Waals surface area contributed by atoms with Crippen LogP contribution in [-0.4, -0.2) is 17.7 Å². The third-order valence-corrected chi connectivity index (χ3v) is 2.89. The largest absolute Gasteiger partial charge is 0.466 e. The van der Waals surface area contributed by atoms with Crippen molar-refractivity contribution in [1.82, 2.24) is 0 Å². The molecule has 0 aromatic heterocycles. The van der Waals surface area contributed by atoms with Crippen molar-refractivity contribution in [1.29, 1.82) is 0 Å². The van der Waals surface area contributed by atoms with Crippen LogP contribution in [0.1, 0.15) is 44.3 Å². The van der Waals surface area contributed by atoms with E-state index in [0.717, 1.165) is 18.4 Å². The molecule has 18 heavy (non-hydrogen) atoms. The highest BCUT2D eigenvalue weighted by molar-refractivity contribution is 6.30. The number of aliphatic hydroxyl groups excluding tert-OH is 1. The monoisotopic (exact) mass is 270 g/mol. The van der Waals surface area contributed by atoms with Gasteiger partial charge in [0.25, 0.3) is 0 Å². The molecule has 1 atom stereocenters. The summed E-state index contributed by atoms with van der Waals surface area (Å²) < 4.78 is 5.02. The number of carbonyl (C=O) groups is 1. The summed E-state index contributed by atoms with van der Waals surface area (Å²) in [6, 6.07) is 6.96. The van der Waals surface area contributed by atoms with Gasteiger partial charge >= 0.3 is 5.97 Å². The first kappa shape index (κ1) is 15.0. The number of esters is 1. The molecule has 4 heteroatoms. The Morgan fingerprint density at radius 3 is 2.67 bits per heavy atom. The number of aliphatic hydroxyl groups is 1. The molecule has 1 rings (SSSR count). The van der Waals surface area contributed by atoms with Gasteiger partial charge in [0.15, 0.2) is 0 Å². The molecular formula is C14H19ClO3. The SMILES string of the molecule is CCCCOC(=O)CCC(O)c1ccc(Cl)cc1. The summed E-state index contributed by atoms with van der Waals surface area (Å²) in [5.74, 6) is -0.253. The van der Waals surface area contributed by atoms with E-state index in [1.54, 1.807) is 24.3 Å². The summed E-state index contributed by atoms with van der Waals surface area (Å²) in [5.41, 5.74) is 0.765. The van der Waals surface area contributed by atoms with Crippen molar-refractivity contribution >= 4 is 17.6 Å². The maximum absolute atomic E-state index is 11.4. The van der Waals surface area contributed by atoms with E-state index in [-0.39, 0.29) is 12.4 Å². The maximum Gasteiger partial charge on any atom is 0.305 e. The average Bonchev–Trinajstić information content (AvgIpc) is 2.37. The summed E-state index contributed by atoms with van der Waals surface area (Å²) in [7, 11) is 0. The van der Waals surface area contributed by atoms with Gasteiger partial charge < -0.3 is 9.84 Å². The predicted molar refractivity (Wildman–Crippen MR) is 71.5 cm³/mol. The van der Waals surface area contributed by atoms with Crippen molar-refractivity contribution in [3.05, 3.63) is 34.9 Å². The molecule has 1 aromatic rings. The van der Waals surface area contributed by atoms with Crippen molar-refractivity contribution < 1.29 is 14.6 Å². The fourth-order valence-electron chi connectivity index (χ4n) is 1.51. The first-order chi connectivity index (χ1) is 8.63. The van der Waals surface area contributed by atoms with Crippen molar-refractivity contribution in [2.75, 3.05) is 6.61 Å². The van der Waals surface area contributed by atoms with E-state index in [2.05, 4.69) is 0 Å². The molecule has 0 saturated carbocycles. The van der Waals surface area contributed by atoms with Gasteiger partial charge in [-0.15, -0.1) is 0 Å². The lowest BCUT2D eigenvalue weighted by Gasteiger charge is -2.10. The average molecular weight is 271 g/mol. The number of benzene rings is 1. The zero-order chi connectivity index (χ0) is 13.4. The summed E-state index contributed by atoms with van der Waals surface area (Å²) in [5, 5.41) is 10.5. The van der Waals surface area contributed by atoms with Crippen molar-refractivity contribution in [2.24, 2.45) is 0 Å². The van der Waals surface area contributed by atoms with E-state index in [1.165, 1.54) is 0 Å². The Bertz CT molecular complexity index is 362. The molecule has 1 unspecified atom stereocenters. The molecule has 0 spiro atoms. The standard InChI is InChI=1S/C14H19ClO3/c1-2-3-10-18-14(17)9-8-13(16)11-4-6-12(15)7-5-11/h4-7,13,16H,2-3,8-10H2,1H3. The van der Waals surface area contributed by atoms with Gasteiger partial charge in [-0.05, 0) is 30.5 Å². The Labute approximate surface area is 113 Å². The summed E-state index contributed by atoms with van der Waals surface area (Å²) in [4.78, 5) is 11.4. The number of rotatable bonds is 7. The number of unbranched alkanes of at least 4 members (excludes halogenated alkanes) is 1. The zero-order valence-corrected chi connectivity index (χ0v) is 11.3. The Hall–Kier alpha value is -1.06. The molecule has 0 aliphatic carbocycles. The molecular weight excluding hydrogens is 252 g/mol. The van der Waals surface area contributed by atoms with Crippen LogP contribution in [0.2, 0.25) is 5.02 Å². The Morgan fingerprint density at radius 2 is 2.06 bits per heavy atom. The van der Waals surface area contributed by atoms with Crippen LogP contribution in [0.15, 0.2) is 24.3 Å². The lowest BCUT2D eigenvalue weighted by atomic mass is 10.1. The van der Waals surface area contributed by atoms with Crippen molar-refractivity contribution in [2.45, 2.75) is 38.7 Å². The highest BCUT2D eigenvalue weighted by Crippen LogP contribution is 2.20. The Balaban J connectivity index is 2.30. The predicted octanol–water partition coefficient (Wildman–Crippen LogP) is 3.50. The second kappa shape index (κ2) is 8.11. The molecule has 0 aliphatic heterocycles. The lowest BCUT2D eigenvalue weighted by molar-refractivity contribution is -0.144. The van der Waals surface area contributed by atoms with Crippen LogP contribution in [0.25, 0.3) is 0 Å². The molecule has 0 radical (unpaired) electrons. The van der Waals surface area contributed by atoms with Gasteiger partial charge in [-0.25, -0.2) is 0 Å². The van der Waals surface area contributed by atoms with E-state index in [4.69, 9.17) is 16.3 Å². The minimum absolute atomic E-state index is 0.230. The number of halogens is 1. The summed E-state index contributed by atoms with van der Waals surface area (Å²) in [6.07, 6.45) is 1.83. The van der Waals surface area contributed by atoms with Crippen LogP contribution in [0.3, 0.4) is 0 Å². The Kier molecular flexibility index (Phi) is 6.76. The van der Waals surface area contributed by atoms with Gasteiger partial charge in [0.1, 0.15) is 0 Å². The minimum Gasteiger partial charge on any atom is -0.466 e. The summed E-state index contributed by atoms with van der Waals surface area (Å²) in [6.45, 7) is 2.50. The van der Waals surface area contributed by atoms with Crippen LogP contribution >= 0.6 is 11.6 Å². The van der Waals surface area contributed by atoms with E-state index in [9.17, 15) is 9.90 Å². The van der Waals surface area contributed by atoms with Gasteiger partial charge in [-0.1, -0.05) is 37.1 Å². The van der Waals surface area contributed by atoms with Crippen LogP contribution < -0.4 is 0 Å². The van der Waals surface area contributed by atoms with Gasteiger partial charge in [0.05, 0.1) is 12.7 Å². The maximum atomic E-state index is 11.4. The molecule has 0 saturated heterocycles. The Morgan fingerprint density at radius 1 is 1.39 bits per heavy atom. The molecule has 3 nitrogen and oxygen atoms in total. The minimum atomic E-state index is -0.652. The van der Waals surface area contributed by atoms with Crippen LogP contribution in [0.4, 0.5) is 0 Å². The molecule has 0 bridgehead atoms. The molecule has 0 heterocycles. The quantitative estimate of drug-likeness (QED) is 0.609. The lowest BCUT2D eigenvalue weighted by Crippen LogP contribution is -2.08. The topological polar surface area (TPSA) is 46.5 Å². The smallest absolute Gasteiger partial charge is 0.305 e. The number of hydrogen-bond donors (Lipinski definition) is 1. The first-order valence-electron chi connectivity index (χ1n) is 6.22. The van der Waals surface area contributed by atoms with Crippen molar-refractivity contribution in [3.63, 3.8) is 0 Å². The van der Waals surface area contributed by atoms with E-state index in [0.29, 0.717) is 18.1 Å². The van der Waals surface area contributed by atoms with Crippen LogP contribution in [-0.2, 0) is 9.53 Å². The van der Waals surface area contributed by atoms with Crippen LogP contribution in [0, 0.1) is 0 Å². The van der Waals surface area contributed by atoms with Gasteiger partial charge in [-0.3, -0.25) is 4.79 Å². The summed E-state index contributed by atoms with van der Waals surface area (Å²) >= 11 is 5.76. The molecule has 0 fully saturated rings. The number of hydrogen-bond acceptors (Lipinski definition) is 3. The highest BCUT2D eigenvalue weighted by Gasteiger charge is 2.11. The zero-order valence-electron chi connectivity index (χ0n) is 10.6. The third kappa shape index (κ3) is 5.52. The molecule has 1 aromatic carbocycles. The highest BCUT2D eigenvalue weighted by atomic mass is 35.5. The van der Waals surface area contributed by atoms with Gasteiger partial charge in [0.2, 0.25) is 0 Å². The molecule has 1 N–H and O–H groups in total. The van der Waals surface area contributed by atoms with E-state index >= 15 is 0 Å². The van der Waals surface area contributed by atoms with Gasteiger partial charge in [-0.2, -0.15) is 0 Å². The fourth-order valence-corrected chi connectivity index (χ4v) is 1.63. The molecule has 0 amide bonds. The second-order valence-electron chi connectivity index (χ2n) is 4.18. The van der Waals surface area contributed by atoms with Crippen LogP contribution in [0.5, 0.6) is 0 Å². The second-order valence-corrected chi connectivity index (χ2v) is 4.62. The molecule has 0 aliphatic rings. The number of carbonyl (C=O) groups excluding carboxylic acids is 1. The third-order valence-electron chi connectivity index (χ3n) is 2.64. The first-order valence-corrected chi connectivity index (χ1v) is 6.60. The normalized spacial score (nSPS) is 12.2. The fraction of sp³-hybridized carbons (Fsp3) is 0.500.